The molecule has 0 radical (unpaired) electrons. The first-order chi connectivity index (χ1) is 7.15. The van der Waals surface area contributed by atoms with Crippen LogP contribution in [0.4, 0.5) is 0 Å². The number of nitrogens with one attached hydrogen (secondary N) is 1. The Morgan fingerprint density at radius 1 is 1.27 bits per heavy atom. The van der Waals surface area contributed by atoms with Crippen LogP contribution in [0.25, 0.3) is 0 Å². The van der Waals surface area contributed by atoms with Gasteiger partial charge in [-0.25, -0.2) is 0 Å². The van der Waals surface area contributed by atoms with E-state index in [0.29, 0.717) is 6.04 Å². The molecule has 0 saturated carbocycles. The summed E-state index contributed by atoms with van der Waals surface area (Å²) in [5, 5.41) is 3.49. The molecule has 3 atom stereocenters. The standard InChI is InChI=1S/C12H17NOS/c1-9-3-5-11(6-4-9)12-8-15(14)7-10(2)13-12/h3-6,10,12-13H,7-8H2,1-2H3. The van der Waals surface area contributed by atoms with E-state index in [4.69, 9.17) is 0 Å². The maximum Gasteiger partial charge on any atom is 0.0439 e. The highest BCUT2D eigenvalue weighted by atomic mass is 32.2. The van der Waals surface area contributed by atoms with Gasteiger partial charge in [0.2, 0.25) is 0 Å². The van der Waals surface area contributed by atoms with E-state index in [1.165, 1.54) is 11.1 Å². The molecule has 1 N–H and O–H groups in total. The Balaban J connectivity index is 2.16. The second-order valence-electron chi connectivity index (χ2n) is 4.30. The fourth-order valence-electron chi connectivity index (χ4n) is 1.96. The average molecular weight is 223 g/mol. The van der Waals surface area contributed by atoms with Crippen LogP contribution in [0.2, 0.25) is 0 Å². The molecule has 0 amide bonds. The van der Waals surface area contributed by atoms with Gasteiger partial charge < -0.3 is 5.32 Å². The predicted octanol–water partition coefficient (Wildman–Crippen LogP) is 1.78. The number of benzene rings is 1. The van der Waals surface area contributed by atoms with Crippen LogP contribution >= 0.6 is 0 Å². The van der Waals surface area contributed by atoms with Gasteiger partial charge in [-0.2, -0.15) is 0 Å². The Hall–Kier alpha value is -0.670. The molecule has 1 aliphatic heterocycles. The maximum absolute atomic E-state index is 11.6. The van der Waals surface area contributed by atoms with Gasteiger partial charge in [-0.15, -0.1) is 0 Å². The van der Waals surface area contributed by atoms with Crippen molar-refractivity contribution in [1.82, 2.24) is 5.32 Å². The van der Waals surface area contributed by atoms with Gasteiger partial charge in [-0.1, -0.05) is 29.8 Å². The maximum atomic E-state index is 11.6. The summed E-state index contributed by atoms with van der Waals surface area (Å²) in [5.74, 6) is 1.52. The van der Waals surface area contributed by atoms with Crippen molar-refractivity contribution < 1.29 is 4.21 Å². The zero-order chi connectivity index (χ0) is 10.8. The molecular weight excluding hydrogens is 206 g/mol. The molecule has 1 aliphatic rings. The van der Waals surface area contributed by atoms with E-state index in [1.807, 2.05) is 0 Å². The summed E-state index contributed by atoms with van der Waals surface area (Å²) in [6.07, 6.45) is 0. The lowest BCUT2D eigenvalue weighted by atomic mass is 10.1. The highest BCUT2D eigenvalue weighted by Crippen LogP contribution is 2.19. The molecule has 1 heterocycles. The van der Waals surface area contributed by atoms with Crippen LogP contribution in [0.5, 0.6) is 0 Å². The third-order valence-electron chi connectivity index (χ3n) is 2.75. The second kappa shape index (κ2) is 4.45. The fourth-order valence-corrected chi connectivity index (χ4v) is 3.41. The SMILES string of the molecule is Cc1ccc(C2CS(=O)CC(C)N2)cc1. The second-order valence-corrected chi connectivity index (χ2v) is 5.85. The first kappa shape index (κ1) is 10.8. The summed E-state index contributed by atoms with van der Waals surface area (Å²) in [7, 11) is -0.669. The Morgan fingerprint density at radius 3 is 2.53 bits per heavy atom. The molecule has 3 heteroatoms. The van der Waals surface area contributed by atoms with Crippen molar-refractivity contribution in [1.29, 1.82) is 0 Å². The normalized spacial score (nSPS) is 31.5. The molecule has 15 heavy (non-hydrogen) atoms. The van der Waals surface area contributed by atoms with E-state index in [1.54, 1.807) is 0 Å². The van der Waals surface area contributed by atoms with E-state index in [2.05, 4.69) is 43.4 Å². The largest absolute Gasteiger partial charge is 0.306 e. The van der Waals surface area contributed by atoms with Gasteiger partial charge in [0, 0.05) is 34.4 Å². The lowest BCUT2D eigenvalue weighted by molar-refractivity contribution is 0.489. The number of aryl methyl sites for hydroxylation is 1. The number of rotatable bonds is 1. The Morgan fingerprint density at radius 2 is 1.93 bits per heavy atom. The molecular formula is C12H17NOS. The van der Waals surface area contributed by atoms with E-state index < -0.39 is 10.8 Å². The minimum atomic E-state index is -0.669. The molecule has 0 spiro atoms. The molecule has 2 nitrogen and oxygen atoms in total. The topological polar surface area (TPSA) is 29.1 Å². The molecule has 1 aromatic rings. The minimum absolute atomic E-state index is 0.259. The van der Waals surface area contributed by atoms with Crippen molar-refractivity contribution in [3.05, 3.63) is 35.4 Å². The third-order valence-corrected chi connectivity index (χ3v) is 4.33. The van der Waals surface area contributed by atoms with Gasteiger partial charge in [0.1, 0.15) is 0 Å². The molecule has 0 aliphatic carbocycles. The molecule has 2 rings (SSSR count). The molecule has 0 aromatic heterocycles. The van der Waals surface area contributed by atoms with Gasteiger partial charge in [-0.3, -0.25) is 4.21 Å². The van der Waals surface area contributed by atoms with Crippen molar-refractivity contribution in [2.75, 3.05) is 11.5 Å². The summed E-state index contributed by atoms with van der Waals surface area (Å²) >= 11 is 0. The zero-order valence-corrected chi connectivity index (χ0v) is 10.0. The van der Waals surface area contributed by atoms with Gasteiger partial charge in [0.25, 0.3) is 0 Å². The smallest absolute Gasteiger partial charge is 0.0439 e. The van der Waals surface area contributed by atoms with E-state index in [9.17, 15) is 4.21 Å². The van der Waals surface area contributed by atoms with Gasteiger partial charge in [0.15, 0.2) is 0 Å². The lowest BCUT2D eigenvalue weighted by Crippen LogP contribution is -2.43. The Labute approximate surface area is 93.5 Å². The highest BCUT2D eigenvalue weighted by molar-refractivity contribution is 7.85. The molecule has 0 bridgehead atoms. The van der Waals surface area contributed by atoms with Crippen LogP contribution in [0.1, 0.15) is 24.1 Å². The quantitative estimate of drug-likeness (QED) is 0.786. The first-order valence-corrected chi connectivity index (χ1v) is 6.81. The fraction of sp³-hybridized carbons (Fsp3) is 0.500. The van der Waals surface area contributed by atoms with Crippen molar-refractivity contribution in [2.45, 2.75) is 25.9 Å². The molecule has 3 unspecified atom stereocenters. The van der Waals surface area contributed by atoms with Crippen molar-refractivity contribution in [2.24, 2.45) is 0 Å². The Kier molecular flexibility index (Phi) is 3.22. The average Bonchev–Trinajstić information content (AvgIpc) is 2.17. The summed E-state index contributed by atoms with van der Waals surface area (Å²) in [6, 6.07) is 9.09. The lowest BCUT2D eigenvalue weighted by Gasteiger charge is -2.28. The van der Waals surface area contributed by atoms with Gasteiger partial charge >= 0.3 is 0 Å². The van der Waals surface area contributed by atoms with Crippen LogP contribution < -0.4 is 5.32 Å². The van der Waals surface area contributed by atoms with Gasteiger partial charge in [0.05, 0.1) is 0 Å². The van der Waals surface area contributed by atoms with E-state index in [-0.39, 0.29) is 6.04 Å². The van der Waals surface area contributed by atoms with Crippen molar-refractivity contribution >= 4 is 10.8 Å². The minimum Gasteiger partial charge on any atom is -0.306 e. The van der Waals surface area contributed by atoms with Crippen LogP contribution in [-0.2, 0) is 10.8 Å². The van der Waals surface area contributed by atoms with E-state index in [0.717, 1.165) is 11.5 Å². The van der Waals surface area contributed by atoms with Crippen molar-refractivity contribution in [3.63, 3.8) is 0 Å². The third kappa shape index (κ3) is 2.67. The van der Waals surface area contributed by atoms with Crippen LogP contribution in [0.3, 0.4) is 0 Å². The predicted molar refractivity (Wildman–Crippen MR) is 64.4 cm³/mol. The zero-order valence-electron chi connectivity index (χ0n) is 9.19. The summed E-state index contributed by atoms with van der Waals surface area (Å²) < 4.78 is 11.6. The number of hydrogen-bond donors (Lipinski definition) is 1. The summed E-state index contributed by atoms with van der Waals surface area (Å²) in [4.78, 5) is 0. The van der Waals surface area contributed by atoms with Crippen LogP contribution in [-0.4, -0.2) is 21.8 Å². The van der Waals surface area contributed by atoms with Crippen molar-refractivity contribution in [3.8, 4) is 0 Å². The van der Waals surface area contributed by atoms with Crippen LogP contribution in [0, 0.1) is 6.92 Å². The molecule has 82 valence electrons. The highest BCUT2D eigenvalue weighted by Gasteiger charge is 2.23. The molecule has 1 saturated heterocycles. The van der Waals surface area contributed by atoms with Crippen LogP contribution in [0.15, 0.2) is 24.3 Å². The summed E-state index contributed by atoms with van der Waals surface area (Å²) in [6.45, 7) is 4.18. The first-order valence-electron chi connectivity index (χ1n) is 5.33. The molecule has 1 fully saturated rings. The molecule has 1 aromatic carbocycles. The van der Waals surface area contributed by atoms with E-state index >= 15 is 0 Å². The number of hydrogen-bond acceptors (Lipinski definition) is 2. The monoisotopic (exact) mass is 223 g/mol. The Bertz CT molecular complexity index is 360. The van der Waals surface area contributed by atoms with Gasteiger partial charge in [-0.05, 0) is 19.4 Å². The summed E-state index contributed by atoms with van der Waals surface area (Å²) in [5.41, 5.74) is 2.52.